The number of hydrogen-bond donors (Lipinski definition) is 3. The zero-order valence-electron chi connectivity index (χ0n) is 18.8. The summed E-state index contributed by atoms with van der Waals surface area (Å²) in [4.78, 5) is 32.8. The summed E-state index contributed by atoms with van der Waals surface area (Å²) in [6, 6.07) is 14.9. The van der Waals surface area contributed by atoms with Crippen molar-refractivity contribution in [1.82, 2.24) is 4.57 Å². The molecule has 0 atom stereocenters. The molecule has 3 N–H and O–H groups in total. The third-order valence-corrected chi connectivity index (χ3v) is 5.29. The molecule has 0 radical (unpaired) electrons. The molecule has 2 aromatic carbocycles. The molecule has 33 heavy (non-hydrogen) atoms. The minimum atomic E-state index is -1.09. The van der Waals surface area contributed by atoms with Crippen LogP contribution >= 0.6 is 0 Å². The first-order valence-electron chi connectivity index (χ1n) is 10.8. The van der Waals surface area contributed by atoms with Crippen LogP contribution in [0.3, 0.4) is 0 Å². The summed E-state index contributed by atoms with van der Waals surface area (Å²) >= 11 is 0. The smallest absolute Gasteiger partial charge is 0.337 e. The van der Waals surface area contributed by atoms with E-state index in [4.69, 9.17) is 15.3 Å². The lowest BCUT2D eigenvalue weighted by Crippen LogP contribution is -2.10. The van der Waals surface area contributed by atoms with Crippen molar-refractivity contribution in [3.63, 3.8) is 0 Å². The molecule has 3 rings (SSSR count). The zero-order valence-corrected chi connectivity index (χ0v) is 18.8. The van der Waals surface area contributed by atoms with Gasteiger partial charge in [-0.25, -0.2) is 14.4 Å². The van der Waals surface area contributed by atoms with E-state index in [0.29, 0.717) is 23.1 Å². The van der Waals surface area contributed by atoms with Crippen LogP contribution in [0, 0.1) is 6.92 Å². The second-order valence-corrected chi connectivity index (χ2v) is 7.66. The van der Waals surface area contributed by atoms with Crippen LogP contribution in [-0.2, 0) is 19.4 Å². The molecule has 0 saturated carbocycles. The van der Waals surface area contributed by atoms with Gasteiger partial charge in [-0.15, -0.1) is 0 Å². The Balaban J connectivity index is 0.000000234. The number of rotatable bonds is 9. The number of unbranched alkanes of at least 4 members (excludes halogenated alkanes) is 1. The number of benzene rings is 2. The van der Waals surface area contributed by atoms with Crippen LogP contribution in [0.4, 0.5) is 0 Å². The summed E-state index contributed by atoms with van der Waals surface area (Å²) in [6.07, 6.45) is 6.90. The lowest BCUT2D eigenvalue weighted by Gasteiger charge is -2.11. The third-order valence-electron chi connectivity index (χ3n) is 5.29. The summed E-state index contributed by atoms with van der Waals surface area (Å²) in [5.74, 6) is -3.03. The highest BCUT2D eigenvalue weighted by molar-refractivity contribution is 5.97. The summed E-state index contributed by atoms with van der Waals surface area (Å²) in [6.45, 7) is 4.37. The maximum absolute atomic E-state index is 11.2. The van der Waals surface area contributed by atoms with Crippen LogP contribution in [0.1, 0.15) is 67.5 Å². The van der Waals surface area contributed by atoms with Crippen molar-refractivity contribution in [2.24, 2.45) is 0 Å². The SMILES string of the molecule is CCCCc1ccc(C(=O)O)c(C)c1C(=O)O.O=C(O)c1ccn(CCc2ccccc2)c1. The number of carbonyl (C=O) groups is 3. The standard InChI is InChI=1S/C13H13NO2.C13H16O4/c15-13(16)12-7-9-14(10-12)8-6-11-4-2-1-3-5-11;1-3-4-5-9-6-7-10(12(14)15)8(2)11(9)13(16)17/h1-5,7,9-10H,6,8H2,(H,15,16);6-7H,3-5H2,1-2H3,(H,14,15)(H,16,17). The average molecular weight is 452 g/mol. The molecule has 0 spiro atoms. The van der Waals surface area contributed by atoms with Crippen LogP contribution in [0.25, 0.3) is 0 Å². The highest BCUT2D eigenvalue weighted by Crippen LogP contribution is 2.21. The van der Waals surface area contributed by atoms with E-state index in [-0.39, 0.29) is 11.1 Å². The summed E-state index contributed by atoms with van der Waals surface area (Å²) in [5.41, 5.74) is 2.84. The topological polar surface area (TPSA) is 117 Å². The van der Waals surface area contributed by atoms with Gasteiger partial charge in [-0.05, 0) is 55.0 Å². The Labute approximate surface area is 192 Å². The van der Waals surface area contributed by atoms with Gasteiger partial charge in [0.2, 0.25) is 0 Å². The second-order valence-electron chi connectivity index (χ2n) is 7.66. The predicted octanol–water partition coefficient (Wildman–Crippen LogP) is 5.16. The molecule has 1 heterocycles. The average Bonchev–Trinajstić information content (AvgIpc) is 3.26. The van der Waals surface area contributed by atoms with Gasteiger partial charge in [-0.1, -0.05) is 49.7 Å². The van der Waals surface area contributed by atoms with Crippen molar-refractivity contribution in [3.05, 3.63) is 94.3 Å². The van der Waals surface area contributed by atoms with Crippen molar-refractivity contribution in [2.45, 2.75) is 46.1 Å². The Kier molecular flexibility index (Phi) is 9.42. The van der Waals surface area contributed by atoms with Crippen molar-refractivity contribution in [2.75, 3.05) is 0 Å². The van der Waals surface area contributed by atoms with E-state index in [0.717, 1.165) is 25.8 Å². The van der Waals surface area contributed by atoms with Crippen LogP contribution in [0.2, 0.25) is 0 Å². The summed E-state index contributed by atoms with van der Waals surface area (Å²) in [5, 5.41) is 26.9. The van der Waals surface area contributed by atoms with Crippen molar-refractivity contribution in [3.8, 4) is 0 Å². The number of aryl methyl sites for hydroxylation is 3. The van der Waals surface area contributed by atoms with Gasteiger partial charge >= 0.3 is 17.9 Å². The fourth-order valence-electron chi connectivity index (χ4n) is 3.48. The molecule has 7 nitrogen and oxygen atoms in total. The monoisotopic (exact) mass is 451 g/mol. The number of hydrogen-bond acceptors (Lipinski definition) is 3. The lowest BCUT2D eigenvalue weighted by molar-refractivity contribution is 0.0680. The van der Waals surface area contributed by atoms with Crippen molar-refractivity contribution < 1.29 is 29.7 Å². The molecule has 0 saturated heterocycles. The normalized spacial score (nSPS) is 10.2. The van der Waals surface area contributed by atoms with Crippen LogP contribution in [0.5, 0.6) is 0 Å². The second kappa shape index (κ2) is 12.2. The minimum absolute atomic E-state index is 0.0580. The van der Waals surface area contributed by atoms with E-state index in [1.165, 1.54) is 11.6 Å². The molecule has 0 bridgehead atoms. The van der Waals surface area contributed by atoms with Crippen molar-refractivity contribution in [1.29, 1.82) is 0 Å². The predicted molar refractivity (Wildman–Crippen MR) is 125 cm³/mol. The molecule has 0 aliphatic carbocycles. The van der Waals surface area contributed by atoms with Crippen LogP contribution < -0.4 is 0 Å². The number of aromatic carboxylic acids is 3. The van der Waals surface area contributed by atoms with Crippen molar-refractivity contribution >= 4 is 17.9 Å². The third kappa shape index (κ3) is 7.35. The van der Waals surface area contributed by atoms with Crippen LogP contribution in [-0.4, -0.2) is 37.8 Å². The highest BCUT2D eigenvalue weighted by Gasteiger charge is 2.18. The van der Waals surface area contributed by atoms with Gasteiger partial charge in [0, 0.05) is 18.9 Å². The first-order valence-corrected chi connectivity index (χ1v) is 10.8. The molecule has 0 aliphatic heterocycles. The van der Waals surface area contributed by atoms with Gasteiger partial charge in [0.25, 0.3) is 0 Å². The quantitative estimate of drug-likeness (QED) is 0.414. The molecule has 0 fully saturated rings. The number of nitrogens with zero attached hydrogens (tertiary/aromatic N) is 1. The Morgan fingerprint density at radius 2 is 1.55 bits per heavy atom. The molecule has 1 aromatic heterocycles. The Bertz CT molecular complexity index is 1100. The Morgan fingerprint density at radius 3 is 2.09 bits per heavy atom. The number of carboxylic acid groups (broad SMARTS) is 3. The lowest BCUT2D eigenvalue weighted by atomic mass is 9.94. The summed E-state index contributed by atoms with van der Waals surface area (Å²) < 4.78 is 1.90. The van der Waals surface area contributed by atoms with E-state index >= 15 is 0 Å². The fraction of sp³-hybridized carbons (Fsp3) is 0.269. The maximum atomic E-state index is 11.2. The maximum Gasteiger partial charge on any atom is 0.337 e. The van der Waals surface area contributed by atoms with Gasteiger partial charge in [-0.2, -0.15) is 0 Å². The first kappa shape index (κ1) is 25.4. The molecule has 174 valence electrons. The molecular formula is C26H29NO6. The van der Waals surface area contributed by atoms with Gasteiger partial charge in [0.05, 0.1) is 16.7 Å². The van der Waals surface area contributed by atoms with E-state index in [1.807, 2.05) is 29.7 Å². The zero-order chi connectivity index (χ0) is 24.4. The van der Waals surface area contributed by atoms with Gasteiger partial charge < -0.3 is 19.9 Å². The Hall–Kier alpha value is -3.87. The van der Waals surface area contributed by atoms with E-state index in [2.05, 4.69) is 12.1 Å². The minimum Gasteiger partial charge on any atom is -0.478 e. The highest BCUT2D eigenvalue weighted by atomic mass is 16.4. The van der Waals surface area contributed by atoms with Gasteiger partial charge in [0.1, 0.15) is 0 Å². The van der Waals surface area contributed by atoms with Gasteiger partial charge in [-0.3, -0.25) is 0 Å². The number of carboxylic acids is 3. The van der Waals surface area contributed by atoms with E-state index < -0.39 is 17.9 Å². The van der Waals surface area contributed by atoms with Gasteiger partial charge in [0.15, 0.2) is 0 Å². The molecule has 3 aromatic rings. The molecule has 0 amide bonds. The van der Waals surface area contributed by atoms with Crippen LogP contribution in [0.15, 0.2) is 60.9 Å². The van der Waals surface area contributed by atoms with E-state index in [9.17, 15) is 14.4 Å². The molecular weight excluding hydrogens is 422 g/mol. The molecule has 7 heteroatoms. The Morgan fingerprint density at radius 1 is 0.848 bits per heavy atom. The van der Waals surface area contributed by atoms with E-state index in [1.54, 1.807) is 31.5 Å². The largest absolute Gasteiger partial charge is 0.478 e. The number of aromatic nitrogens is 1. The first-order chi connectivity index (χ1) is 15.7. The summed E-state index contributed by atoms with van der Waals surface area (Å²) in [7, 11) is 0. The molecule has 0 aliphatic rings. The fourth-order valence-corrected chi connectivity index (χ4v) is 3.48. The molecule has 0 unspecified atom stereocenters.